The Kier molecular flexibility index (Phi) is 3.08. The van der Waals surface area contributed by atoms with Crippen molar-refractivity contribution in [2.75, 3.05) is 0 Å². The van der Waals surface area contributed by atoms with Crippen LogP contribution in [0.5, 0.6) is 0 Å². The van der Waals surface area contributed by atoms with E-state index in [1.807, 2.05) is 32.1 Å². The molecule has 1 aromatic rings. The molecule has 1 rings (SSSR count). The van der Waals surface area contributed by atoms with Crippen LogP contribution in [0.2, 0.25) is 0 Å². The summed E-state index contributed by atoms with van der Waals surface area (Å²) in [5, 5.41) is 0. The van der Waals surface area contributed by atoms with E-state index in [-0.39, 0.29) is 6.04 Å². The van der Waals surface area contributed by atoms with E-state index in [0.717, 1.165) is 5.76 Å². The van der Waals surface area contributed by atoms with Crippen molar-refractivity contribution in [1.82, 2.24) is 5.43 Å². The van der Waals surface area contributed by atoms with Crippen molar-refractivity contribution in [2.24, 2.45) is 5.84 Å². The third-order valence-corrected chi connectivity index (χ3v) is 1.53. The Morgan fingerprint density at radius 2 is 2.42 bits per heavy atom. The Hall–Kier alpha value is -1.06. The Balaban J connectivity index is 2.77. The maximum Gasteiger partial charge on any atom is 0.125 e. The van der Waals surface area contributed by atoms with Crippen LogP contribution in [0.15, 0.2) is 34.5 Å². The average Bonchev–Trinajstić information content (AvgIpc) is 2.51. The molecule has 0 aliphatic rings. The molecule has 66 valence electrons. The van der Waals surface area contributed by atoms with E-state index >= 15 is 0 Å². The highest BCUT2D eigenvalue weighted by atomic mass is 16.3. The lowest BCUT2D eigenvalue weighted by molar-refractivity contribution is 0.457. The molecule has 0 fully saturated rings. The zero-order chi connectivity index (χ0) is 8.97. The summed E-state index contributed by atoms with van der Waals surface area (Å²) < 4.78 is 5.20. The van der Waals surface area contributed by atoms with Crippen LogP contribution in [0.4, 0.5) is 0 Å². The number of hydrogen-bond donors (Lipinski definition) is 2. The maximum atomic E-state index is 5.36. The van der Waals surface area contributed by atoms with E-state index in [1.165, 1.54) is 5.57 Å². The first-order valence-electron chi connectivity index (χ1n) is 3.88. The van der Waals surface area contributed by atoms with Crippen LogP contribution < -0.4 is 11.3 Å². The number of hydrogen-bond acceptors (Lipinski definition) is 3. The normalized spacial score (nSPS) is 12.6. The summed E-state index contributed by atoms with van der Waals surface area (Å²) in [6.07, 6.45) is 3.65. The van der Waals surface area contributed by atoms with Gasteiger partial charge in [0.2, 0.25) is 0 Å². The lowest BCUT2D eigenvalue weighted by atomic mass is 10.2. The van der Waals surface area contributed by atoms with Crippen LogP contribution in [0.3, 0.4) is 0 Å². The van der Waals surface area contributed by atoms with Gasteiger partial charge in [-0.15, -0.1) is 0 Å². The van der Waals surface area contributed by atoms with Gasteiger partial charge in [-0.05, 0) is 26.0 Å². The molecule has 0 saturated heterocycles. The van der Waals surface area contributed by atoms with Crippen LogP contribution in [0, 0.1) is 0 Å². The first-order chi connectivity index (χ1) is 5.74. The second-order valence-electron chi connectivity index (χ2n) is 2.90. The molecule has 1 heterocycles. The number of nitrogens with one attached hydrogen (secondary N) is 1. The lowest BCUT2D eigenvalue weighted by Crippen LogP contribution is -2.26. The topological polar surface area (TPSA) is 51.2 Å². The van der Waals surface area contributed by atoms with Gasteiger partial charge in [-0.2, -0.15) is 0 Å². The molecule has 0 aromatic carbocycles. The smallest absolute Gasteiger partial charge is 0.125 e. The second-order valence-corrected chi connectivity index (χ2v) is 2.90. The molecule has 3 heteroatoms. The largest absolute Gasteiger partial charge is 0.467 e. The number of hydrazine groups is 1. The summed E-state index contributed by atoms with van der Waals surface area (Å²) in [4.78, 5) is 0. The zero-order valence-electron chi connectivity index (χ0n) is 7.37. The molecule has 3 N–H and O–H groups in total. The molecule has 1 aromatic heterocycles. The summed E-state index contributed by atoms with van der Waals surface area (Å²) >= 11 is 0. The summed E-state index contributed by atoms with van der Waals surface area (Å²) in [7, 11) is 0. The van der Waals surface area contributed by atoms with E-state index in [1.54, 1.807) is 6.26 Å². The second kappa shape index (κ2) is 4.09. The monoisotopic (exact) mass is 166 g/mol. The van der Waals surface area contributed by atoms with Gasteiger partial charge in [-0.1, -0.05) is 11.6 Å². The minimum Gasteiger partial charge on any atom is -0.467 e. The molecule has 0 aliphatic carbocycles. The van der Waals surface area contributed by atoms with Crippen LogP contribution in [-0.2, 0) is 0 Å². The summed E-state index contributed by atoms with van der Waals surface area (Å²) in [5.74, 6) is 6.19. The van der Waals surface area contributed by atoms with Crippen LogP contribution in [-0.4, -0.2) is 0 Å². The van der Waals surface area contributed by atoms with Gasteiger partial charge in [0.15, 0.2) is 0 Å². The Morgan fingerprint density at radius 3 is 2.83 bits per heavy atom. The van der Waals surface area contributed by atoms with Gasteiger partial charge >= 0.3 is 0 Å². The summed E-state index contributed by atoms with van der Waals surface area (Å²) in [5.41, 5.74) is 3.87. The van der Waals surface area contributed by atoms with Gasteiger partial charge in [-0.25, -0.2) is 5.43 Å². The molecule has 0 radical (unpaired) electrons. The predicted octanol–water partition coefficient (Wildman–Crippen LogP) is 1.75. The Morgan fingerprint density at radius 1 is 1.67 bits per heavy atom. The van der Waals surface area contributed by atoms with E-state index < -0.39 is 0 Å². The zero-order valence-corrected chi connectivity index (χ0v) is 7.37. The highest BCUT2D eigenvalue weighted by molar-refractivity contribution is 5.13. The van der Waals surface area contributed by atoms with Gasteiger partial charge in [0.25, 0.3) is 0 Å². The van der Waals surface area contributed by atoms with Crippen LogP contribution in [0.25, 0.3) is 0 Å². The number of nitrogens with two attached hydrogens (primary N) is 1. The van der Waals surface area contributed by atoms with Gasteiger partial charge < -0.3 is 4.42 Å². The molecule has 0 spiro atoms. The molecule has 0 aliphatic heterocycles. The maximum absolute atomic E-state index is 5.36. The summed E-state index contributed by atoms with van der Waals surface area (Å²) in [6.45, 7) is 4.04. The fourth-order valence-electron chi connectivity index (χ4n) is 1.01. The molecule has 1 unspecified atom stereocenters. The SMILES string of the molecule is CC(C)=CC(NN)c1ccco1. The minimum absolute atomic E-state index is 0.0231. The molecule has 0 bridgehead atoms. The van der Waals surface area contributed by atoms with Crippen LogP contribution in [0.1, 0.15) is 25.6 Å². The molecule has 0 amide bonds. The van der Waals surface area contributed by atoms with Crippen molar-refractivity contribution in [3.63, 3.8) is 0 Å². The first kappa shape index (κ1) is 9.03. The summed E-state index contributed by atoms with van der Waals surface area (Å²) in [6, 6.07) is 3.72. The van der Waals surface area contributed by atoms with Crippen molar-refractivity contribution >= 4 is 0 Å². The number of furan rings is 1. The standard InChI is InChI=1S/C9H14N2O/c1-7(2)6-8(11-10)9-4-3-5-12-9/h3-6,8,11H,10H2,1-2H3. The average molecular weight is 166 g/mol. The molecule has 12 heavy (non-hydrogen) atoms. The van der Waals surface area contributed by atoms with E-state index in [9.17, 15) is 0 Å². The van der Waals surface area contributed by atoms with Gasteiger partial charge in [0, 0.05) is 0 Å². The van der Waals surface area contributed by atoms with Gasteiger partial charge in [0.1, 0.15) is 5.76 Å². The third-order valence-electron chi connectivity index (χ3n) is 1.53. The molecule has 3 nitrogen and oxygen atoms in total. The molecular weight excluding hydrogens is 152 g/mol. The van der Waals surface area contributed by atoms with Crippen molar-refractivity contribution in [1.29, 1.82) is 0 Å². The van der Waals surface area contributed by atoms with Crippen molar-refractivity contribution < 1.29 is 4.42 Å². The third kappa shape index (κ3) is 2.22. The van der Waals surface area contributed by atoms with E-state index in [4.69, 9.17) is 10.3 Å². The molecule has 1 atom stereocenters. The number of rotatable bonds is 3. The number of allylic oxidation sites excluding steroid dienone is 1. The predicted molar refractivity (Wildman–Crippen MR) is 48.2 cm³/mol. The van der Waals surface area contributed by atoms with Crippen molar-refractivity contribution in [3.8, 4) is 0 Å². The highest BCUT2D eigenvalue weighted by Crippen LogP contribution is 2.15. The fourth-order valence-corrected chi connectivity index (χ4v) is 1.01. The molecular formula is C9H14N2O. The van der Waals surface area contributed by atoms with Gasteiger partial charge in [-0.3, -0.25) is 5.84 Å². The van der Waals surface area contributed by atoms with Crippen LogP contribution >= 0.6 is 0 Å². The Labute approximate surface area is 72.2 Å². The quantitative estimate of drug-likeness (QED) is 0.408. The molecule has 0 saturated carbocycles. The lowest BCUT2D eigenvalue weighted by Gasteiger charge is -2.08. The van der Waals surface area contributed by atoms with E-state index in [0.29, 0.717) is 0 Å². The van der Waals surface area contributed by atoms with E-state index in [2.05, 4.69) is 5.43 Å². The fraction of sp³-hybridized carbons (Fsp3) is 0.333. The first-order valence-corrected chi connectivity index (χ1v) is 3.88. The Bertz CT molecular complexity index is 248. The van der Waals surface area contributed by atoms with Crippen molar-refractivity contribution in [3.05, 3.63) is 35.8 Å². The minimum atomic E-state index is -0.0231. The van der Waals surface area contributed by atoms with Gasteiger partial charge in [0.05, 0.1) is 12.3 Å². The highest BCUT2D eigenvalue weighted by Gasteiger charge is 2.07. The van der Waals surface area contributed by atoms with Crippen molar-refractivity contribution in [2.45, 2.75) is 19.9 Å².